The first kappa shape index (κ1) is 17.9. The summed E-state index contributed by atoms with van der Waals surface area (Å²) in [5.74, 6) is 0.868. The van der Waals surface area contributed by atoms with Gasteiger partial charge in [0.2, 0.25) is 0 Å². The molecule has 0 rings (SSSR count). The molecule has 110 valence electrons. The second-order valence-electron chi connectivity index (χ2n) is 5.78. The van der Waals surface area contributed by atoms with Gasteiger partial charge in [-0.2, -0.15) is 0 Å². The number of hydrogen-bond acceptors (Lipinski definition) is 2. The first-order chi connectivity index (χ1) is 8.70. The fraction of sp³-hybridized carbons (Fsp3) is 1.00. The number of rotatable bonds is 13. The van der Waals surface area contributed by atoms with Crippen LogP contribution in [-0.2, 0) is 4.84 Å². The summed E-state index contributed by atoms with van der Waals surface area (Å²) < 4.78 is 0. The van der Waals surface area contributed by atoms with Crippen LogP contribution < -0.4 is 5.48 Å². The van der Waals surface area contributed by atoms with Gasteiger partial charge in [0.05, 0.1) is 6.10 Å². The summed E-state index contributed by atoms with van der Waals surface area (Å²) >= 11 is 0. The highest BCUT2D eigenvalue weighted by Gasteiger charge is 2.05. The van der Waals surface area contributed by atoms with Gasteiger partial charge in [-0.15, -0.1) is 0 Å². The van der Waals surface area contributed by atoms with E-state index < -0.39 is 0 Å². The monoisotopic (exact) mass is 257 g/mol. The van der Waals surface area contributed by atoms with Gasteiger partial charge in [-0.3, -0.25) is 4.84 Å². The van der Waals surface area contributed by atoms with Gasteiger partial charge in [0.25, 0.3) is 0 Å². The molecule has 0 bridgehead atoms. The Bertz CT molecular complexity index is 159. The smallest absolute Gasteiger partial charge is 0.0787 e. The Morgan fingerprint density at radius 3 is 2.06 bits per heavy atom. The molecule has 0 aliphatic heterocycles. The van der Waals surface area contributed by atoms with Crippen LogP contribution in [0.4, 0.5) is 0 Å². The van der Waals surface area contributed by atoms with Gasteiger partial charge < -0.3 is 0 Å². The maximum absolute atomic E-state index is 5.64. The van der Waals surface area contributed by atoms with Gasteiger partial charge in [-0.05, 0) is 25.2 Å². The Kier molecular flexibility index (Phi) is 13.3. The first-order valence-electron chi connectivity index (χ1n) is 8.09. The maximum atomic E-state index is 5.64. The average molecular weight is 257 g/mol. The molecule has 0 aromatic heterocycles. The highest BCUT2D eigenvalue weighted by Crippen LogP contribution is 2.13. The van der Waals surface area contributed by atoms with Gasteiger partial charge in [-0.25, -0.2) is 5.48 Å². The predicted molar refractivity (Wildman–Crippen MR) is 80.6 cm³/mol. The summed E-state index contributed by atoms with van der Waals surface area (Å²) in [6, 6.07) is 0. The zero-order valence-corrected chi connectivity index (χ0v) is 13.1. The molecule has 0 spiro atoms. The van der Waals surface area contributed by atoms with Crippen molar-refractivity contribution >= 4 is 0 Å². The van der Waals surface area contributed by atoms with E-state index in [1.807, 2.05) is 0 Å². The molecule has 0 aromatic rings. The van der Waals surface area contributed by atoms with E-state index in [2.05, 4.69) is 33.2 Å². The molecule has 0 fully saturated rings. The van der Waals surface area contributed by atoms with Crippen LogP contribution >= 0.6 is 0 Å². The molecule has 2 nitrogen and oxygen atoms in total. The molecule has 1 N–H and O–H groups in total. The Morgan fingerprint density at radius 1 is 0.889 bits per heavy atom. The molecule has 0 aromatic carbocycles. The van der Waals surface area contributed by atoms with Gasteiger partial charge in [-0.1, -0.05) is 66.2 Å². The molecule has 18 heavy (non-hydrogen) atoms. The third-order valence-corrected chi connectivity index (χ3v) is 3.36. The van der Waals surface area contributed by atoms with E-state index in [1.54, 1.807) is 0 Å². The standard InChI is InChI=1S/C16H35NO/c1-5-14-17-18-16(6-2)13-11-9-7-8-10-12-15(3)4/h15-17H,5-14H2,1-4H3. The fourth-order valence-corrected chi connectivity index (χ4v) is 2.08. The van der Waals surface area contributed by atoms with Crippen molar-refractivity contribution in [3.05, 3.63) is 0 Å². The molecule has 0 heterocycles. The minimum absolute atomic E-state index is 0.409. The molecule has 0 saturated carbocycles. The van der Waals surface area contributed by atoms with Crippen LogP contribution in [0.25, 0.3) is 0 Å². The zero-order valence-electron chi connectivity index (χ0n) is 13.1. The Morgan fingerprint density at radius 2 is 1.50 bits per heavy atom. The third kappa shape index (κ3) is 12.4. The van der Waals surface area contributed by atoms with E-state index >= 15 is 0 Å². The van der Waals surface area contributed by atoms with Crippen molar-refractivity contribution in [3.8, 4) is 0 Å². The van der Waals surface area contributed by atoms with E-state index in [4.69, 9.17) is 4.84 Å². The van der Waals surface area contributed by atoms with Gasteiger partial charge in [0.1, 0.15) is 0 Å². The van der Waals surface area contributed by atoms with E-state index in [0.29, 0.717) is 6.10 Å². The minimum atomic E-state index is 0.409. The summed E-state index contributed by atoms with van der Waals surface area (Å²) in [4.78, 5) is 5.64. The van der Waals surface area contributed by atoms with Crippen LogP contribution in [0, 0.1) is 5.92 Å². The SMILES string of the molecule is CCCNOC(CC)CCCCCCCC(C)C. The molecule has 0 aliphatic carbocycles. The third-order valence-electron chi connectivity index (χ3n) is 3.36. The largest absolute Gasteiger partial charge is 0.299 e. The lowest BCUT2D eigenvalue weighted by molar-refractivity contribution is -0.0313. The van der Waals surface area contributed by atoms with Crippen LogP contribution in [0.3, 0.4) is 0 Å². The van der Waals surface area contributed by atoms with E-state index in [-0.39, 0.29) is 0 Å². The second-order valence-corrected chi connectivity index (χ2v) is 5.78. The number of hydrogen-bond donors (Lipinski definition) is 1. The quantitative estimate of drug-likeness (QED) is 0.367. The van der Waals surface area contributed by atoms with Crippen molar-refractivity contribution in [2.75, 3.05) is 6.54 Å². The topological polar surface area (TPSA) is 21.3 Å². The molecule has 1 unspecified atom stereocenters. The molecule has 2 heteroatoms. The van der Waals surface area contributed by atoms with Crippen molar-refractivity contribution in [2.24, 2.45) is 5.92 Å². The maximum Gasteiger partial charge on any atom is 0.0787 e. The second kappa shape index (κ2) is 13.4. The van der Waals surface area contributed by atoms with Gasteiger partial charge in [0, 0.05) is 6.54 Å². The van der Waals surface area contributed by atoms with Crippen molar-refractivity contribution in [2.45, 2.75) is 91.6 Å². The van der Waals surface area contributed by atoms with Gasteiger partial charge >= 0.3 is 0 Å². The number of nitrogens with one attached hydrogen (secondary N) is 1. The Labute approximate surface area is 115 Å². The normalized spacial score (nSPS) is 13.2. The molecule has 0 saturated heterocycles. The fourth-order valence-electron chi connectivity index (χ4n) is 2.08. The molecule has 0 aliphatic rings. The highest BCUT2D eigenvalue weighted by molar-refractivity contribution is 4.56. The molecule has 1 atom stereocenters. The summed E-state index contributed by atoms with van der Waals surface area (Å²) in [5, 5.41) is 0. The zero-order chi connectivity index (χ0) is 13.6. The molecule has 0 amide bonds. The number of unbranched alkanes of at least 4 members (excludes halogenated alkanes) is 4. The van der Waals surface area contributed by atoms with Crippen molar-refractivity contribution in [1.82, 2.24) is 5.48 Å². The van der Waals surface area contributed by atoms with E-state index in [0.717, 1.165) is 25.3 Å². The molecular weight excluding hydrogens is 222 g/mol. The summed E-state index contributed by atoms with van der Waals surface area (Å²) in [5.41, 5.74) is 3.06. The van der Waals surface area contributed by atoms with Gasteiger partial charge in [0.15, 0.2) is 0 Å². The van der Waals surface area contributed by atoms with E-state index in [9.17, 15) is 0 Å². The van der Waals surface area contributed by atoms with Crippen LogP contribution in [0.1, 0.15) is 85.5 Å². The summed E-state index contributed by atoms with van der Waals surface area (Å²) in [6.45, 7) is 9.96. The lowest BCUT2D eigenvalue weighted by Gasteiger charge is -2.15. The van der Waals surface area contributed by atoms with Crippen LogP contribution in [0.15, 0.2) is 0 Å². The number of hydroxylamine groups is 1. The Balaban J connectivity index is 3.28. The van der Waals surface area contributed by atoms with Crippen LogP contribution in [0.5, 0.6) is 0 Å². The lowest BCUT2D eigenvalue weighted by atomic mass is 10.0. The van der Waals surface area contributed by atoms with Crippen molar-refractivity contribution < 1.29 is 4.84 Å². The van der Waals surface area contributed by atoms with Crippen LogP contribution in [0.2, 0.25) is 0 Å². The lowest BCUT2D eigenvalue weighted by Crippen LogP contribution is -2.24. The van der Waals surface area contributed by atoms with E-state index in [1.165, 1.54) is 44.9 Å². The van der Waals surface area contributed by atoms with Crippen molar-refractivity contribution in [1.29, 1.82) is 0 Å². The van der Waals surface area contributed by atoms with Crippen LogP contribution in [-0.4, -0.2) is 12.6 Å². The summed E-state index contributed by atoms with van der Waals surface area (Å²) in [6.07, 6.45) is 12.1. The minimum Gasteiger partial charge on any atom is -0.299 e. The van der Waals surface area contributed by atoms with Crippen molar-refractivity contribution in [3.63, 3.8) is 0 Å². The molecular formula is C16H35NO. The Hall–Kier alpha value is -0.0800. The molecule has 0 radical (unpaired) electrons. The average Bonchev–Trinajstić information content (AvgIpc) is 2.35. The first-order valence-corrected chi connectivity index (χ1v) is 8.09. The summed E-state index contributed by atoms with van der Waals surface area (Å²) in [7, 11) is 0. The highest BCUT2D eigenvalue weighted by atomic mass is 16.7. The predicted octanol–water partition coefficient (Wildman–Crippen LogP) is 5.08.